The van der Waals surface area contributed by atoms with Crippen molar-refractivity contribution in [2.75, 3.05) is 7.11 Å². The number of hydrogen-bond acceptors (Lipinski definition) is 3. The number of ether oxygens (including phenoxy) is 1. The van der Waals surface area contributed by atoms with E-state index in [-0.39, 0.29) is 5.56 Å². The van der Waals surface area contributed by atoms with Gasteiger partial charge in [-0.05, 0) is 23.8 Å². The molecule has 0 radical (unpaired) electrons. The molecule has 4 heteroatoms. The summed E-state index contributed by atoms with van der Waals surface area (Å²) < 4.78 is 6.57. The maximum Gasteiger partial charge on any atom is 0.250 e. The molecule has 0 atom stereocenters. The summed E-state index contributed by atoms with van der Waals surface area (Å²) in [5.41, 5.74) is 1.33. The summed E-state index contributed by atoms with van der Waals surface area (Å²) in [6, 6.07) is 10.4. The molecule has 92 valence electrons. The van der Waals surface area contributed by atoms with Crippen LogP contribution in [-0.2, 0) is 6.54 Å². The van der Waals surface area contributed by atoms with E-state index in [2.05, 4.69) is 0 Å². The van der Waals surface area contributed by atoms with Crippen molar-refractivity contribution < 1.29 is 9.53 Å². The Morgan fingerprint density at radius 1 is 1.17 bits per heavy atom. The van der Waals surface area contributed by atoms with E-state index in [1.807, 2.05) is 24.3 Å². The van der Waals surface area contributed by atoms with E-state index in [0.29, 0.717) is 12.1 Å². The predicted molar refractivity (Wildman–Crippen MR) is 68.2 cm³/mol. The molecule has 1 heterocycles. The fourth-order valence-electron chi connectivity index (χ4n) is 1.67. The third-order valence-electron chi connectivity index (χ3n) is 2.65. The SMILES string of the molecule is COc1ccc(Cn2cc(C=O)ccc2=O)cc1. The van der Waals surface area contributed by atoms with Crippen molar-refractivity contribution in [3.8, 4) is 5.75 Å². The van der Waals surface area contributed by atoms with Crippen LogP contribution in [0.2, 0.25) is 0 Å². The molecule has 18 heavy (non-hydrogen) atoms. The molecule has 0 N–H and O–H groups in total. The number of aromatic nitrogens is 1. The Balaban J connectivity index is 2.27. The Hall–Kier alpha value is -2.36. The molecule has 0 aliphatic rings. The van der Waals surface area contributed by atoms with Crippen molar-refractivity contribution >= 4 is 6.29 Å². The summed E-state index contributed by atoms with van der Waals surface area (Å²) in [7, 11) is 1.60. The molecule has 1 aromatic carbocycles. The fourth-order valence-corrected chi connectivity index (χ4v) is 1.67. The standard InChI is InChI=1S/C14H13NO3/c1-18-13-5-2-11(3-6-13)8-15-9-12(10-16)4-7-14(15)17/h2-7,9-10H,8H2,1H3. The lowest BCUT2D eigenvalue weighted by atomic mass is 10.2. The van der Waals surface area contributed by atoms with E-state index in [1.165, 1.54) is 16.7 Å². The molecular formula is C14H13NO3. The zero-order chi connectivity index (χ0) is 13.0. The molecule has 0 spiro atoms. The largest absolute Gasteiger partial charge is 0.497 e. The number of pyridine rings is 1. The molecule has 0 saturated carbocycles. The molecule has 2 aromatic rings. The van der Waals surface area contributed by atoms with Crippen LogP contribution in [0.15, 0.2) is 47.4 Å². The highest BCUT2D eigenvalue weighted by molar-refractivity contribution is 5.73. The number of aldehydes is 1. The Morgan fingerprint density at radius 2 is 1.89 bits per heavy atom. The quantitative estimate of drug-likeness (QED) is 0.768. The molecule has 0 aliphatic heterocycles. The zero-order valence-corrected chi connectivity index (χ0v) is 10.00. The third-order valence-corrected chi connectivity index (χ3v) is 2.65. The van der Waals surface area contributed by atoms with Gasteiger partial charge in [-0.25, -0.2) is 0 Å². The van der Waals surface area contributed by atoms with Crippen molar-refractivity contribution in [2.24, 2.45) is 0 Å². The molecule has 1 aromatic heterocycles. The van der Waals surface area contributed by atoms with Crippen LogP contribution < -0.4 is 10.3 Å². The average molecular weight is 243 g/mol. The van der Waals surface area contributed by atoms with Gasteiger partial charge in [0.25, 0.3) is 5.56 Å². The molecule has 2 rings (SSSR count). The number of benzene rings is 1. The van der Waals surface area contributed by atoms with Crippen LogP contribution in [0.5, 0.6) is 5.75 Å². The first-order chi connectivity index (χ1) is 8.72. The van der Waals surface area contributed by atoms with Gasteiger partial charge < -0.3 is 9.30 Å². The Bertz CT molecular complexity index is 599. The maximum absolute atomic E-state index is 11.6. The molecular weight excluding hydrogens is 230 g/mol. The monoisotopic (exact) mass is 243 g/mol. The second-order valence-electron chi connectivity index (χ2n) is 3.89. The molecule has 0 amide bonds. The minimum absolute atomic E-state index is 0.128. The van der Waals surface area contributed by atoms with Gasteiger partial charge in [0.1, 0.15) is 5.75 Å². The lowest BCUT2D eigenvalue weighted by Crippen LogP contribution is -2.19. The minimum atomic E-state index is -0.128. The Kier molecular flexibility index (Phi) is 3.57. The van der Waals surface area contributed by atoms with Crippen molar-refractivity contribution in [3.05, 3.63) is 64.1 Å². The summed E-state index contributed by atoms with van der Waals surface area (Å²) in [6.07, 6.45) is 2.28. The molecule has 0 saturated heterocycles. The number of nitrogens with zero attached hydrogens (tertiary/aromatic N) is 1. The van der Waals surface area contributed by atoms with Gasteiger partial charge >= 0.3 is 0 Å². The van der Waals surface area contributed by atoms with Crippen LogP contribution in [0, 0.1) is 0 Å². The molecule has 0 fully saturated rings. The first kappa shape index (κ1) is 12.1. The van der Waals surface area contributed by atoms with Crippen LogP contribution in [0.25, 0.3) is 0 Å². The number of carbonyl (C=O) groups excluding carboxylic acids is 1. The second-order valence-corrected chi connectivity index (χ2v) is 3.89. The highest BCUT2D eigenvalue weighted by Gasteiger charge is 2.00. The summed E-state index contributed by atoms with van der Waals surface area (Å²) in [5, 5.41) is 0. The van der Waals surface area contributed by atoms with Gasteiger partial charge in [-0.15, -0.1) is 0 Å². The van der Waals surface area contributed by atoms with Gasteiger partial charge in [0.05, 0.1) is 13.7 Å². The van der Waals surface area contributed by atoms with Gasteiger partial charge in [0, 0.05) is 17.8 Å². The number of rotatable bonds is 4. The lowest BCUT2D eigenvalue weighted by molar-refractivity contribution is 0.112. The fraction of sp³-hybridized carbons (Fsp3) is 0.143. The Labute approximate surface area is 104 Å². The average Bonchev–Trinajstić information content (AvgIpc) is 2.42. The van der Waals surface area contributed by atoms with E-state index in [0.717, 1.165) is 17.6 Å². The van der Waals surface area contributed by atoms with E-state index in [9.17, 15) is 9.59 Å². The van der Waals surface area contributed by atoms with Crippen LogP contribution in [0.1, 0.15) is 15.9 Å². The van der Waals surface area contributed by atoms with Crippen LogP contribution in [-0.4, -0.2) is 18.0 Å². The molecule has 0 bridgehead atoms. The van der Waals surface area contributed by atoms with Crippen molar-refractivity contribution in [3.63, 3.8) is 0 Å². The topological polar surface area (TPSA) is 48.3 Å². The first-order valence-electron chi connectivity index (χ1n) is 5.51. The van der Waals surface area contributed by atoms with Gasteiger partial charge in [-0.2, -0.15) is 0 Å². The lowest BCUT2D eigenvalue weighted by Gasteiger charge is -2.07. The number of methoxy groups -OCH3 is 1. The van der Waals surface area contributed by atoms with Gasteiger partial charge in [-0.1, -0.05) is 12.1 Å². The summed E-state index contributed by atoms with van der Waals surface area (Å²) in [4.78, 5) is 22.3. The maximum atomic E-state index is 11.6. The van der Waals surface area contributed by atoms with Crippen LogP contribution in [0.4, 0.5) is 0 Å². The zero-order valence-electron chi connectivity index (χ0n) is 10.00. The normalized spacial score (nSPS) is 10.1. The minimum Gasteiger partial charge on any atom is -0.497 e. The summed E-state index contributed by atoms with van der Waals surface area (Å²) in [5.74, 6) is 0.771. The van der Waals surface area contributed by atoms with Crippen LogP contribution in [0.3, 0.4) is 0 Å². The smallest absolute Gasteiger partial charge is 0.250 e. The summed E-state index contributed by atoms with van der Waals surface area (Å²) in [6.45, 7) is 0.435. The van der Waals surface area contributed by atoms with Crippen molar-refractivity contribution in [2.45, 2.75) is 6.54 Å². The molecule has 0 unspecified atom stereocenters. The Morgan fingerprint density at radius 3 is 2.50 bits per heavy atom. The van der Waals surface area contributed by atoms with Crippen molar-refractivity contribution in [1.29, 1.82) is 0 Å². The molecule has 4 nitrogen and oxygen atoms in total. The first-order valence-corrected chi connectivity index (χ1v) is 5.51. The van der Waals surface area contributed by atoms with E-state index in [1.54, 1.807) is 13.3 Å². The van der Waals surface area contributed by atoms with Gasteiger partial charge in [0.2, 0.25) is 0 Å². The van der Waals surface area contributed by atoms with Crippen LogP contribution >= 0.6 is 0 Å². The highest BCUT2D eigenvalue weighted by Crippen LogP contribution is 2.11. The highest BCUT2D eigenvalue weighted by atomic mass is 16.5. The predicted octanol–water partition coefficient (Wildman–Crippen LogP) is 1.72. The van der Waals surface area contributed by atoms with E-state index in [4.69, 9.17) is 4.74 Å². The molecule has 0 aliphatic carbocycles. The van der Waals surface area contributed by atoms with Gasteiger partial charge in [-0.3, -0.25) is 9.59 Å². The van der Waals surface area contributed by atoms with E-state index >= 15 is 0 Å². The summed E-state index contributed by atoms with van der Waals surface area (Å²) >= 11 is 0. The van der Waals surface area contributed by atoms with E-state index < -0.39 is 0 Å². The van der Waals surface area contributed by atoms with Gasteiger partial charge in [0.15, 0.2) is 6.29 Å². The second kappa shape index (κ2) is 5.31. The third kappa shape index (κ3) is 2.66. The number of hydrogen-bond donors (Lipinski definition) is 0. The van der Waals surface area contributed by atoms with Crippen molar-refractivity contribution in [1.82, 2.24) is 4.57 Å². The number of carbonyl (C=O) groups is 1.